The van der Waals surface area contributed by atoms with Crippen molar-refractivity contribution in [1.82, 2.24) is 5.32 Å². The second kappa shape index (κ2) is 6.60. The van der Waals surface area contributed by atoms with E-state index in [0.717, 1.165) is 26.3 Å². The minimum absolute atomic E-state index is 0.129. The Morgan fingerprint density at radius 2 is 2.20 bits per heavy atom. The number of carbonyl (C=O) groups excluding carboxylic acids is 1. The summed E-state index contributed by atoms with van der Waals surface area (Å²) in [4.78, 5) is 12.1. The quantitative estimate of drug-likeness (QED) is 0.576. The Balaban J connectivity index is 2.44. The van der Waals surface area contributed by atoms with Crippen molar-refractivity contribution < 1.29 is 9.53 Å². The van der Waals surface area contributed by atoms with Crippen molar-refractivity contribution >= 4 is 60.8 Å². The summed E-state index contributed by atoms with van der Waals surface area (Å²) in [5.41, 5.74) is 0.750. The number of hydrogen-bond donors (Lipinski definition) is 2. The largest absolute Gasteiger partial charge is 0.488 e. The van der Waals surface area contributed by atoms with Crippen LogP contribution in [0.1, 0.15) is 5.56 Å². The fourth-order valence-corrected chi connectivity index (χ4v) is 3.63. The second-order valence-corrected chi connectivity index (χ2v) is 6.62. The molecule has 0 radical (unpaired) electrons. The predicted molar refractivity (Wildman–Crippen MR) is 89.0 cm³/mol. The molecule has 0 aromatic heterocycles. The maximum atomic E-state index is 11.7. The summed E-state index contributed by atoms with van der Waals surface area (Å²) in [5.74, 6) is 0.359. The van der Waals surface area contributed by atoms with E-state index in [-0.39, 0.29) is 11.1 Å². The molecule has 0 spiro atoms. The van der Waals surface area contributed by atoms with E-state index in [1.54, 1.807) is 12.2 Å². The average molecular weight is 418 g/mol. The second-order valence-electron chi connectivity index (χ2n) is 3.80. The SMILES string of the molecule is C=CCOc1c(Br)cc(Br)cc1/C=C1\SC(=N)NC1=O. The van der Waals surface area contributed by atoms with Crippen LogP contribution in [-0.4, -0.2) is 17.7 Å². The first-order valence-electron chi connectivity index (χ1n) is 5.53. The number of benzene rings is 1. The molecule has 0 aliphatic carbocycles. The van der Waals surface area contributed by atoms with Crippen LogP contribution in [0.25, 0.3) is 6.08 Å². The van der Waals surface area contributed by atoms with Gasteiger partial charge in [-0.05, 0) is 45.9 Å². The third-order valence-electron chi connectivity index (χ3n) is 2.33. The first-order chi connectivity index (χ1) is 9.51. The lowest BCUT2D eigenvalue weighted by Crippen LogP contribution is -2.18. The third kappa shape index (κ3) is 3.53. The topological polar surface area (TPSA) is 62.2 Å². The van der Waals surface area contributed by atoms with Gasteiger partial charge in [-0.15, -0.1) is 0 Å². The summed E-state index contributed by atoms with van der Waals surface area (Å²) in [7, 11) is 0. The molecular formula is C13H10Br2N2O2S. The van der Waals surface area contributed by atoms with Gasteiger partial charge in [0.2, 0.25) is 0 Å². The van der Waals surface area contributed by atoms with Crippen LogP contribution in [0.2, 0.25) is 0 Å². The van der Waals surface area contributed by atoms with Crippen molar-refractivity contribution in [2.45, 2.75) is 0 Å². The molecule has 0 unspecified atom stereocenters. The van der Waals surface area contributed by atoms with E-state index in [2.05, 4.69) is 43.8 Å². The maximum Gasteiger partial charge on any atom is 0.264 e. The van der Waals surface area contributed by atoms with Crippen LogP contribution in [0, 0.1) is 5.41 Å². The molecule has 1 aliphatic rings. The zero-order valence-electron chi connectivity index (χ0n) is 10.2. The van der Waals surface area contributed by atoms with Gasteiger partial charge in [-0.3, -0.25) is 10.2 Å². The Hall–Kier alpha value is -1.05. The molecule has 1 aromatic rings. The molecule has 4 nitrogen and oxygen atoms in total. The highest BCUT2D eigenvalue weighted by Gasteiger charge is 2.23. The van der Waals surface area contributed by atoms with E-state index < -0.39 is 0 Å². The van der Waals surface area contributed by atoms with E-state index >= 15 is 0 Å². The van der Waals surface area contributed by atoms with Crippen LogP contribution in [0.5, 0.6) is 5.75 Å². The van der Waals surface area contributed by atoms with E-state index in [9.17, 15) is 4.79 Å². The Morgan fingerprint density at radius 1 is 1.45 bits per heavy atom. The number of hydrogen-bond acceptors (Lipinski definition) is 4. The Bertz CT molecular complexity index is 629. The number of halogens is 2. The molecule has 20 heavy (non-hydrogen) atoms. The average Bonchev–Trinajstić information content (AvgIpc) is 2.66. The van der Waals surface area contributed by atoms with Gasteiger partial charge in [0.05, 0.1) is 9.38 Å². The fourth-order valence-electron chi connectivity index (χ4n) is 1.56. The van der Waals surface area contributed by atoms with Gasteiger partial charge in [0.25, 0.3) is 5.91 Å². The smallest absolute Gasteiger partial charge is 0.264 e. The summed E-state index contributed by atoms with van der Waals surface area (Å²) in [6.07, 6.45) is 3.35. The van der Waals surface area contributed by atoms with Gasteiger partial charge in [0, 0.05) is 10.0 Å². The summed E-state index contributed by atoms with van der Waals surface area (Å²) in [5, 5.41) is 10.0. The molecule has 1 aliphatic heterocycles. The highest BCUT2D eigenvalue weighted by atomic mass is 79.9. The standard InChI is InChI=1S/C13H10Br2N2O2S/c1-2-3-19-11-7(4-8(14)6-9(11)15)5-10-12(18)17-13(16)20-10/h2,4-6H,1,3H2,(H2,16,17,18)/b10-5-. The van der Waals surface area contributed by atoms with E-state index in [1.807, 2.05) is 12.1 Å². The van der Waals surface area contributed by atoms with Crippen LogP contribution in [0.4, 0.5) is 0 Å². The zero-order chi connectivity index (χ0) is 14.7. The van der Waals surface area contributed by atoms with Gasteiger partial charge in [0.15, 0.2) is 5.17 Å². The number of thioether (sulfide) groups is 1. The summed E-state index contributed by atoms with van der Waals surface area (Å²) in [6.45, 7) is 3.98. The number of carbonyl (C=O) groups is 1. The number of rotatable bonds is 4. The van der Waals surface area contributed by atoms with Crippen molar-refractivity contribution in [2.75, 3.05) is 6.61 Å². The Morgan fingerprint density at radius 3 is 2.80 bits per heavy atom. The lowest BCUT2D eigenvalue weighted by Gasteiger charge is -2.11. The molecule has 1 aromatic carbocycles. The summed E-state index contributed by atoms with van der Waals surface area (Å²) in [6, 6.07) is 3.72. The lowest BCUT2D eigenvalue weighted by atomic mass is 10.2. The molecule has 1 fully saturated rings. The highest BCUT2D eigenvalue weighted by Crippen LogP contribution is 2.36. The molecule has 1 amide bonds. The number of ether oxygens (including phenoxy) is 1. The van der Waals surface area contributed by atoms with Crippen molar-refractivity contribution in [2.24, 2.45) is 0 Å². The molecule has 0 bridgehead atoms. The first kappa shape index (κ1) is 15.3. The molecule has 1 heterocycles. The van der Waals surface area contributed by atoms with Crippen LogP contribution in [-0.2, 0) is 4.79 Å². The maximum absolute atomic E-state index is 11.7. The summed E-state index contributed by atoms with van der Waals surface area (Å²) >= 11 is 7.93. The van der Waals surface area contributed by atoms with Crippen LogP contribution in [0.15, 0.2) is 38.6 Å². The van der Waals surface area contributed by atoms with E-state index in [1.165, 1.54) is 0 Å². The Kier molecular flexibility index (Phi) is 5.06. The predicted octanol–water partition coefficient (Wildman–Crippen LogP) is 3.92. The van der Waals surface area contributed by atoms with Gasteiger partial charge in [-0.25, -0.2) is 0 Å². The number of amidine groups is 1. The molecule has 104 valence electrons. The van der Waals surface area contributed by atoms with E-state index in [0.29, 0.717) is 17.3 Å². The molecule has 2 rings (SSSR count). The lowest BCUT2D eigenvalue weighted by molar-refractivity contribution is -0.115. The van der Waals surface area contributed by atoms with Gasteiger partial charge in [0.1, 0.15) is 12.4 Å². The molecule has 2 N–H and O–H groups in total. The molecule has 7 heteroatoms. The zero-order valence-corrected chi connectivity index (χ0v) is 14.2. The Labute approximate surface area is 137 Å². The molecular weight excluding hydrogens is 408 g/mol. The minimum atomic E-state index is -0.272. The monoisotopic (exact) mass is 416 g/mol. The number of amides is 1. The van der Waals surface area contributed by atoms with Crippen molar-refractivity contribution in [3.05, 3.63) is 44.2 Å². The minimum Gasteiger partial charge on any atom is -0.488 e. The molecule has 0 saturated carbocycles. The van der Waals surface area contributed by atoms with Crippen LogP contribution >= 0.6 is 43.6 Å². The summed E-state index contributed by atoms with van der Waals surface area (Å²) < 4.78 is 7.26. The van der Waals surface area contributed by atoms with Crippen molar-refractivity contribution in [1.29, 1.82) is 5.41 Å². The van der Waals surface area contributed by atoms with Crippen molar-refractivity contribution in [3.8, 4) is 5.75 Å². The van der Waals surface area contributed by atoms with Crippen molar-refractivity contribution in [3.63, 3.8) is 0 Å². The van der Waals surface area contributed by atoms with E-state index in [4.69, 9.17) is 10.1 Å². The van der Waals surface area contributed by atoms with Crippen LogP contribution in [0.3, 0.4) is 0 Å². The normalized spacial score (nSPS) is 16.4. The fraction of sp³-hybridized carbons (Fsp3) is 0.0769. The first-order valence-corrected chi connectivity index (χ1v) is 7.93. The number of nitrogens with one attached hydrogen (secondary N) is 2. The van der Waals surface area contributed by atoms with Gasteiger partial charge >= 0.3 is 0 Å². The van der Waals surface area contributed by atoms with Gasteiger partial charge in [-0.2, -0.15) is 0 Å². The van der Waals surface area contributed by atoms with Gasteiger partial charge < -0.3 is 10.1 Å². The molecule has 0 atom stereocenters. The highest BCUT2D eigenvalue weighted by molar-refractivity contribution is 9.11. The van der Waals surface area contributed by atoms with Gasteiger partial charge in [-0.1, -0.05) is 28.6 Å². The molecule has 1 saturated heterocycles. The van der Waals surface area contributed by atoms with Crippen LogP contribution < -0.4 is 10.1 Å². The third-order valence-corrected chi connectivity index (χ3v) is 4.21.